The summed E-state index contributed by atoms with van der Waals surface area (Å²) >= 11 is 8.16. The Balaban J connectivity index is 1.64. The van der Waals surface area contributed by atoms with E-state index in [0.29, 0.717) is 25.2 Å². The van der Waals surface area contributed by atoms with Gasteiger partial charge < -0.3 is 4.90 Å². The van der Waals surface area contributed by atoms with Gasteiger partial charge in [-0.05, 0) is 55.3 Å². The molecule has 1 aromatic heterocycles. The first-order valence-electron chi connectivity index (χ1n) is 11.0. The standard InChI is InChI=1S/C23H28ClN3O3S2/c24-21-9-8-18(15-22(21)32(29,30)26-12-5-1-2-6-13-26)23(28)27(20-10-14-31-17-20)16-19-7-3-4-11-25-19/h3-4,7-9,11,15,20H,1-2,5-6,10,12-14,16-17H2/t20-/m1/s1. The van der Waals surface area contributed by atoms with Gasteiger partial charge in [0.15, 0.2) is 0 Å². The van der Waals surface area contributed by atoms with E-state index in [4.69, 9.17) is 11.6 Å². The van der Waals surface area contributed by atoms with Crippen molar-refractivity contribution in [3.63, 3.8) is 0 Å². The Labute approximate surface area is 199 Å². The summed E-state index contributed by atoms with van der Waals surface area (Å²) in [6.45, 7) is 1.37. The molecule has 4 rings (SSSR count). The average Bonchev–Trinajstić information content (AvgIpc) is 3.18. The van der Waals surface area contributed by atoms with Gasteiger partial charge in [-0.25, -0.2) is 8.42 Å². The number of halogens is 1. The fourth-order valence-electron chi connectivity index (χ4n) is 4.22. The molecule has 2 saturated heterocycles. The normalized spacial score (nSPS) is 20.1. The summed E-state index contributed by atoms with van der Waals surface area (Å²) in [7, 11) is -3.76. The topological polar surface area (TPSA) is 70.6 Å². The average molecular weight is 494 g/mol. The highest BCUT2D eigenvalue weighted by molar-refractivity contribution is 7.99. The predicted octanol–water partition coefficient (Wildman–Crippen LogP) is 4.45. The quantitative estimate of drug-likeness (QED) is 0.594. The van der Waals surface area contributed by atoms with E-state index < -0.39 is 10.0 Å². The first kappa shape index (κ1) is 23.5. The van der Waals surface area contributed by atoms with Crippen LogP contribution in [0.2, 0.25) is 5.02 Å². The van der Waals surface area contributed by atoms with Crippen LogP contribution in [-0.2, 0) is 16.6 Å². The van der Waals surface area contributed by atoms with E-state index in [0.717, 1.165) is 49.3 Å². The van der Waals surface area contributed by atoms with Crippen molar-refractivity contribution in [3.8, 4) is 0 Å². The van der Waals surface area contributed by atoms with Crippen LogP contribution in [0.1, 0.15) is 48.2 Å². The summed E-state index contributed by atoms with van der Waals surface area (Å²) in [4.78, 5) is 19.8. The summed E-state index contributed by atoms with van der Waals surface area (Å²) in [6, 6.07) is 10.4. The van der Waals surface area contributed by atoms with Gasteiger partial charge in [-0.1, -0.05) is 30.5 Å². The molecule has 6 nitrogen and oxygen atoms in total. The van der Waals surface area contributed by atoms with Crippen LogP contribution in [-0.4, -0.2) is 59.2 Å². The molecule has 0 N–H and O–H groups in total. The number of sulfonamides is 1. The molecule has 0 radical (unpaired) electrons. The second kappa shape index (κ2) is 10.5. The maximum atomic E-state index is 13.6. The molecule has 1 aromatic carbocycles. The zero-order valence-electron chi connectivity index (χ0n) is 18.0. The van der Waals surface area contributed by atoms with Gasteiger partial charge in [-0.15, -0.1) is 0 Å². The Morgan fingerprint density at radius 1 is 1.16 bits per heavy atom. The second-order valence-corrected chi connectivity index (χ2v) is 11.7. The molecular formula is C23H28ClN3O3S2. The number of carbonyl (C=O) groups is 1. The summed E-state index contributed by atoms with van der Waals surface area (Å²) in [5.41, 5.74) is 1.15. The van der Waals surface area contributed by atoms with Crippen molar-refractivity contribution in [1.29, 1.82) is 0 Å². The van der Waals surface area contributed by atoms with Crippen molar-refractivity contribution < 1.29 is 13.2 Å². The number of thioether (sulfide) groups is 1. The van der Waals surface area contributed by atoms with E-state index in [1.165, 1.54) is 16.4 Å². The van der Waals surface area contributed by atoms with E-state index in [-0.39, 0.29) is 21.9 Å². The van der Waals surface area contributed by atoms with Crippen molar-refractivity contribution >= 4 is 39.3 Å². The summed E-state index contributed by atoms with van der Waals surface area (Å²) < 4.78 is 28.2. The van der Waals surface area contributed by atoms with Gasteiger partial charge in [0.05, 0.1) is 17.3 Å². The lowest BCUT2D eigenvalue weighted by Gasteiger charge is -2.29. The molecule has 2 aromatic rings. The molecule has 172 valence electrons. The minimum absolute atomic E-state index is 0.0190. The maximum Gasteiger partial charge on any atom is 0.254 e. The van der Waals surface area contributed by atoms with Crippen molar-refractivity contribution in [3.05, 3.63) is 58.9 Å². The molecule has 2 fully saturated rings. The number of benzene rings is 1. The van der Waals surface area contributed by atoms with Crippen LogP contribution < -0.4 is 0 Å². The summed E-state index contributed by atoms with van der Waals surface area (Å²) in [5.74, 6) is 1.68. The molecule has 0 aliphatic carbocycles. The zero-order chi connectivity index (χ0) is 22.6. The van der Waals surface area contributed by atoms with Gasteiger partial charge in [0.2, 0.25) is 10.0 Å². The first-order valence-corrected chi connectivity index (χ1v) is 14.0. The molecule has 0 spiro atoms. The number of pyridine rings is 1. The SMILES string of the molecule is O=C(c1ccc(Cl)c(S(=O)(=O)N2CCCCCC2)c1)N(Cc1ccccn1)[C@@H]1CCSC1. The summed E-state index contributed by atoms with van der Waals surface area (Å²) in [5, 5.41) is 0.151. The largest absolute Gasteiger partial charge is 0.329 e. The highest BCUT2D eigenvalue weighted by Crippen LogP contribution is 2.30. The molecule has 0 bridgehead atoms. The van der Waals surface area contributed by atoms with Gasteiger partial charge in [0.1, 0.15) is 4.90 Å². The number of carbonyl (C=O) groups excluding carboxylic acids is 1. The van der Waals surface area contributed by atoms with Crippen LogP contribution in [0.3, 0.4) is 0 Å². The number of nitrogens with zero attached hydrogens (tertiary/aromatic N) is 3. The number of aromatic nitrogens is 1. The van der Waals surface area contributed by atoms with E-state index in [1.54, 1.807) is 12.3 Å². The van der Waals surface area contributed by atoms with E-state index >= 15 is 0 Å². The molecule has 2 aliphatic rings. The number of hydrogen-bond acceptors (Lipinski definition) is 5. The van der Waals surface area contributed by atoms with E-state index in [9.17, 15) is 13.2 Å². The van der Waals surface area contributed by atoms with Crippen LogP contribution in [0.25, 0.3) is 0 Å². The second-order valence-electron chi connectivity index (χ2n) is 8.24. The third kappa shape index (κ3) is 5.30. The Morgan fingerprint density at radius 2 is 1.94 bits per heavy atom. The number of hydrogen-bond donors (Lipinski definition) is 0. The van der Waals surface area contributed by atoms with Crippen LogP contribution in [0, 0.1) is 0 Å². The number of rotatable bonds is 6. The first-order chi connectivity index (χ1) is 15.5. The molecule has 9 heteroatoms. The molecule has 3 heterocycles. The molecule has 1 amide bonds. The molecule has 1 atom stereocenters. The minimum atomic E-state index is -3.76. The highest BCUT2D eigenvalue weighted by Gasteiger charge is 2.31. The molecule has 32 heavy (non-hydrogen) atoms. The monoisotopic (exact) mass is 493 g/mol. The lowest BCUT2D eigenvalue weighted by molar-refractivity contribution is 0.0678. The molecule has 0 unspecified atom stereocenters. The number of amides is 1. The van der Waals surface area contributed by atoms with Crippen LogP contribution in [0.15, 0.2) is 47.5 Å². The van der Waals surface area contributed by atoms with Gasteiger partial charge in [0.25, 0.3) is 5.91 Å². The lowest BCUT2D eigenvalue weighted by Crippen LogP contribution is -2.40. The van der Waals surface area contributed by atoms with Gasteiger partial charge >= 0.3 is 0 Å². The van der Waals surface area contributed by atoms with Crippen molar-refractivity contribution in [1.82, 2.24) is 14.2 Å². The van der Waals surface area contributed by atoms with Gasteiger partial charge in [-0.3, -0.25) is 9.78 Å². The molecule has 0 saturated carbocycles. The van der Waals surface area contributed by atoms with Crippen molar-refractivity contribution in [2.24, 2.45) is 0 Å². The van der Waals surface area contributed by atoms with Crippen molar-refractivity contribution in [2.75, 3.05) is 24.6 Å². The predicted molar refractivity (Wildman–Crippen MR) is 129 cm³/mol. The molecule has 2 aliphatic heterocycles. The molecular weight excluding hydrogens is 466 g/mol. The van der Waals surface area contributed by atoms with Crippen LogP contribution in [0.4, 0.5) is 0 Å². The van der Waals surface area contributed by atoms with Gasteiger partial charge in [0, 0.05) is 36.6 Å². The van der Waals surface area contributed by atoms with E-state index in [2.05, 4.69) is 4.98 Å². The highest BCUT2D eigenvalue weighted by atomic mass is 35.5. The Kier molecular flexibility index (Phi) is 7.76. The minimum Gasteiger partial charge on any atom is -0.329 e. The summed E-state index contributed by atoms with van der Waals surface area (Å²) in [6.07, 6.45) is 6.37. The van der Waals surface area contributed by atoms with Gasteiger partial charge in [-0.2, -0.15) is 16.1 Å². The maximum absolute atomic E-state index is 13.6. The zero-order valence-corrected chi connectivity index (χ0v) is 20.3. The smallest absolute Gasteiger partial charge is 0.254 e. The fourth-order valence-corrected chi connectivity index (χ4v) is 7.46. The van der Waals surface area contributed by atoms with Crippen molar-refractivity contribution in [2.45, 2.75) is 49.6 Å². The lowest BCUT2D eigenvalue weighted by atomic mass is 10.1. The Hall–Kier alpha value is -1.61. The van der Waals surface area contributed by atoms with E-state index in [1.807, 2.05) is 34.9 Å². The fraction of sp³-hybridized carbons (Fsp3) is 0.478. The third-order valence-corrected chi connectivity index (χ3v) is 9.55. The van der Waals surface area contributed by atoms with Crippen LogP contribution in [0.5, 0.6) is 0 Å². The Bertz CT molecular complexity index is 1040. The Morgan fingerprint density at radius 3 is 2.59 bits per heavy atom. The van der Waals surface area contributed by atoms with Crippen LogP contribution >= 0.6 is 23.4 Å². The third-order valence-electron chi connectivity index (χ3n) is 6.03.